The summed E-state index contributed by atoms with van der Waals surface area (Å²) in [6, 6.07) is 0. The Bertz CT molecular complexity index is 392. The fraction of sp³-hybridized carbons (Fsp3) is 0.375. The van der Waals surface area contributed by atoms with E-state index in [4.69, 9.17) is 0 Å². The van der Waals surface area contributed by atoms with E-state index in [0.29, 0.717) is 11.3 Å². The molecule has 5 nitrogen and oxygen atoms in total. The Morgan fingerprint density at radius 2 is 2.21 bits per heavy atom. The van der Waals surface area contributed by atoms with E-state index in [2.05, 4.69) is 14.7 Å². The number of aromatic nitrogens is 2. The molecule has 0 aliphatic rings. The third kappa shape index (κ3) is 2.14. The highest BCUT2D eigenvalue weighted by Gasteiger charge is 2.12. The predicted molar refractivity (Wildman–Crippen MR) is 50.4 cm³/mol. The van der Waals surface area contributed by atoms with E-state index in [1.54, 1.807) is 6.92 Å². The summed E-state index contributed by atoms with van der Waals surface area (Å²) in [6.45, 7) is 1.64. The summed E-state index contributed by atoms with van der Waals surface area (Å²) in [5.41, 5.74) is 0.763. The third-order valence-corrected chi connectivity index (χ3v) is 2.33. The van der Waals surface area contributed by atoms with Crippen molar-refractivity contribution in [2.24, 2.45) is 0 Å². The first-order chi connectivity index (χ1) is 6.56. The molecule has 0 radical (unpaired) electrons. The summed E-state index contributed by atoms with van der Waals surface area (Å²) < 4.78 is 15.5. The number of hydrogen-bond donors (Lipinski definition) is 0. The zero-order valence-corrected chi connectivity index (χ0v) is 8.92. The van der Waals surface area contributed by atoms with Crippen LogP contribution in [-0.4, -0.2) is 33.5 Å². The summed E-state index contributed by atoms with van der Waals surface area (Å²) in [5, 5.41) is 0.218. The minimum atomic E-state index is -1.24. The third-order valence-electron chi connectivity index (χ3n) is 1.62. The Kier molecular flexibility index (Phi) is 3.29. The van der Waals surface area contributed by atoms with Crippen molar-refractivity contribution in [3.05, 3.63) is 17.5 Å². The number of carbonyl (C=O) groups excluding carboxylic acids is 1. The monoisotopic (exact) mass is 214 g/mol. The Hall–Kier alpha value is -1.30. The number of esters is 1. The van der Waals surface area contributed by atoms with Crippen LogP contribution in [-0.2, 0) is 15.5 Å². The fourth-order valence-electron chi connectivity index (χ4n) is 0.895. The molecule has 1 heterocycles. The van der Waals surface area contributed by atoms with Gasteiger partial charge in [0.1, 0.15) is 0 Å². The average Bonchev–Trinajstić information content (AvgIpc) is 2.16. The summed E-state index contributed by atoms with van der Waals surface area (Å²) in [5.74, 6) is -0.490. The first-order valence-corrected chi connectivity index (χ1v) is 5.37. The minimum absolute atomic E-state index is 0.218. The van der Waals surface area contributed by atoms with Gasteiger partial charge in [-0.1, -0.05) is 0 Å². The molecule has 0 fully saturated rings. The number of rotatable bonds is 2. The second-order valence-electron chi connectivity index (χ2n) is 2.60. The van der Waals surface area contributed by atoms with Crippen LogP contribution >= 0.6 is 0 Å². The number of methoxy groups -OCH3 is 1. The molecule has 6 heteroatoms. The van der Waals surface area contributed by atoms with Crippen molar-refractivity contribution in [1.29, 1.82) is 0 Å². The van der Waals surface area contributed by atoms with Crippen LogP contribution in [0.5, 0.6) is 0 Å². The zero-order chi connectivity index (χ0) is 10.7. The molecule has 0 aromatic carbocycles. The maximum atomic E-state index is 11.1. The lowest BCUT2D eigenvalue weighted by molar-refractivity contribution is 0.0598. The molecule has 0 saturated carbocycles. The number of carbonyl (C=O) groups is 1. The summed E-state index contributed by atoms with van der Waals surface area (Å²) in [6.07, 6.45) is 2.80. The van der Waals surface area contributed by atoms with E-state index in [-0.39, 0.29) is 5.16 Å². The Balaban J connectivity index is 3.14. The standard InChI is InChI=1S/C8H10N2O3S/c1-5-6(7(11)13-2)4-9-8(10-5)14(3)12/h4H,1-3H3/t14-/m0/s1. The largest absolute Gasteiger partial charge is 0.465 e. The van der Waals surface area contributed by atoms with Crippen LogP contribution in [0.15, 0.2) is 11.4 Å². The van der Waals surface area contributed by atoms with Crippen molar-refractivity contribution in [3.63, 3.8) is 0 Å². The van der Waals surface area contributed by atoms with Gasteiger partial charge in [-0.2, -0.15) is 0 Å². The van der Waals surface area contributed by atoms with E-state index >= 15 is 0 Å². The molecule has 0 amide bonds. The van der Waals surface area contributed by atoms with Crippen molar-refractivity contribution in [1.82, 2.24) is 9.97 Å². The van der Waals surface area contributed by atoms with Crippen LogP contribution < -0.4 is 0 Å². The number of aryl methyl sites for hydroxylation is 1. The molecule has 76 valence electrons. The number of ether oxygens (including phenoxy) is 1. The number of hydrogen-bond acceptors (Lipinski definition) is 5. The van der Waals surface area contributed by atoms with Crippen LogP contribution in [0, 0.1) is 6.92 Å². The zero-order valence-electron chi connectivity index (χ0n) is 8.10. The molecular weight excluding hydrogens is 204 g/mol. The van der Waals surface area contributed by atoms with Gasteiger partial charge in [-0.15, -0.1) is 0 Å². The van der Waals surface area contributed by atoms with Crippen molar-refractivity contribution in [3.8, 4) is 0 Å². The van der Waals surface area contributed by atoms with Crippen molar-refractivity contribution in [2.45, 2.75) is 12.1 Å². The SMILES string of the molecule is COC(=O)c1cnc([S@](C)=O)nc1C. The summed E-state index contributed by atoms with van der Waals surface area (Å²) in [7, 11) is 0.0484. The van der Waals surface area contributed by atoms with E-state index in [0.717, 1.165) is 0 Å². The van der Waals surface area contributed by atoms with Gasteiger partial charge >= 0.3 is 5.97 Å². The van der Waals surface area contributed by atoms with Crippen LogP contribution in [0.2, 0.25) is 0 Å². The van der Waals surface area contributed by atoms with Crippen molar-refractivity contribution < 1.29 is 13.7 Å². The molecule has 0 aliphatic carbocycles. The van der Waals surface area contributed by atoms with E-state index in [1.807, 2.05) is 0 Å². The predicted octanol–water partition coefficient (Wildman–Crippen LogP) is 0.309. The Morgan fingerprint density at radius 1 is 1.57 bits per heavy atom. The topological polar surface area (TPSA) is 69.2 Å². The maximum Gasteiger partial charge on any atom is 0.341 e. The van der Waals surface area contributed by atoms with Crippen LogP contribution in [0.1, 0.15) is 16.1 Å². The molecule has 0 bridgehead atoms. The molecule has 1 rings (SSSR count). The molecule has 0 N–H and O–H groups in total. The van der Waals surface area contributed by atoms with Gasteiger partial charge in [0, 0.05) is 12.5 Å². The highest BCUT2D eigenvalue weighted by molar-refractivity contribution is 7.84. The quantitative estimate of drug-likeness (QED) is 0.523. The first-order valence-electron chi connectivity index (χ1n) is 3.81. The van der Waals surface area contributed by atoms with E-state index < -0.39 is 16.8 Å². The summed E-state index contributed by atoms with van der Waals surface area (Å²) >= 11 is 0. The van der Waals surface area contributed by atoms with Crippen LogP contribution in [0.4, 0.5) is 0 Å². The fourth-order valence-corrected chi connectivity index (χ4v) is 1.36. The molecule has 0 saturated heterocycles. The number of nitrogens with zero attached hydrogens (tertiary/aromatic N) is 2. The molecule has 14 heavy (non-hydrogen) atoms. The lowest BCUT2D eigenvalue weighted by Gasteiger charge is -2.02. The molecule has 1 aromatic heterocycles. The van der Waals surface area contributed by atoms with Gasteiger partial charge in [0.2, 0.25) is 5.16 Å². The van der Waals surface area contributed by atoms with Crippen molar-refractivity contribution in [2.75, 3.05) is 13.4 Å². The molecule has 1 aromatic rings. The van der Waals surface area contributed by atoms with Gasteiger partial charge in [-0.3, -0.25) is 4.21 Å². The Labute approximate surface area is 84.0 Å². The smallest absolute Gasteiger partial charge is 0.341 e. The normalized spacial score (nSPS) is 12.2. The van der Waals surface area contributed by atoms with Crippen LogP contribution in [0.25, 0.3) is 0 Å². The maximum absolute atomic E-state index is 11.1. The highest BCUT2D eigenvalue weighted by atomic mass is 32.2. The second-order valence-corrected chi connectivity index (χ2v) is 3.87. The van der Waals surface area contributed by atoms with Gasteiger partial charge in [-0.25, -0.2) is 14.8 Å². The Morgan fingerprint density at radius 3 is 2.64 bits per heavy atom. The van der Waals surface area contributed by atoms with Gasteiger partial charge in [0.25, 0.3) is 0 Å². The van der Waals surface area contributed by atoms with Crippen LogP contribution in [0.3, 0.4) is 0 Å². The van der Waals surface area contributed by atoms with Crippen molar-refractivity contribution >= 4 is 16.8 Å². The lowest BCUT2D eigenvalue weighted by Crippen LogP contribution is -2.08. The lowest BCUT2D eigenvalue weighted by atomic mass is 10.2. The van der Waals surface area contributed by atoms with E-state index in [9.17, 15) is 9.00 Å². The summed E-state index contributed by atoms with van der Waals surface area (Å²) in [4.78, 5) is 18.9. The van der Waals surface area contributed by atoms with Gasteiger partial charge in [-0.05, 0) is 6.92 Å². The van der Waals surface area contributed by atoms with Gasteiger partial charge in [0.05, 0.1) is 29.2 Å². The van der Waals surface area contributed by atoms with Gasteiger partial charge in [0.15, 0.2) is 0 Å². The highest BCUT2D eigenvalue weighted by Crippen LogP contribution is 2.06. The van der Waals surface area contributed by atoms with Gasteiger partial charge < -0.3 is 4.74 Å². The second kappa shape index (κ2) is 4.28. The molecule has 0 spiro atoms. The molecule has 0 unspecified atom stereocenters. The first kappa shape index (κ1) is 10.8. The molecule has 1 atom stereocenters. The molecular formula is C8H10N2O3S. The average molecular weight is 214 g/mol. The van der Waals surface area contributed by atoms with E-state index in [1.165, 1.54) is 19.6 Å². The minimum Gasteiger partial charge on any atom is -0.465 e. The molecule has 0 aliphatic heterocycles.